The van der Waals surface area contributed by atoms with Crippen LogP contribution in [0.1, 0.15) is 20.0 Å². The van der Waals surface area contributed by atoms with Crippen LogP contribution in [0.15, 0.2) is 59.5 Å². The highest BCUT2D eigenvalue weighted by molar-refractivity contribution is 7.17. The number of carbonyl (C=O) groups is 2. The molecule has 2 amide bonds. The number of hydrogen-bond donors (Lipinski definition) is 2. The van der Waals surface area contributed by atoms with E-state index in [0.29, 0.717) is 4.88 Å². The number of rotatable bonds is 3. The summed E-state index contributed by atoms with van der Waals surface area (Å²) in [6, 6.07) is 12.0. The SMILES string of the molecule is Cn1ccc(C(=O)NNC(=O)c2ccc(-c3ccc(F)cc3)s2)cc1=O. The number of hydrazine groups is 1. The first kappa shape index (κ1) is 17.6. The van der Waals surface area contributed by atoms with Crippen molar-refractivity contribution in [2.24, 2.45) is 7.05 Å². The van der Waals surface area contributed by atoms with Crippen molar-refractivity contribution in [2.45, 2.75) is 0 Å². The van der Waals surface area contributed by atoms with E-state index < -0.39 is 11.8 Å². The zero-order chi connectivity index (χ0) is 18.7. The number of carbonyl (C=O) groups excluding carboxylic acids is 2. The van der Waals surface area contributed by atoms with Gasteiger partial charge in [0.2, 0.25) is 0 Å². The predicted octanol–water partition coefficient (Wildman–Crippen LogP) is 2.33. The fourth-order valence-electron chi connectivity index (χ4n) is 2.17. The van der Waals surface area contributed by atoms with Crippen LogP contribution in [0.5, 0.6) is 0 Å². The summed E-state index contributed by atoms with van der Waals surface area (Å²) in [5.41, 5.74) is 5.19. The number of halogens is 1. The Kier molecular flexibility index (Phi) is 4.94. The number of aromatic nitrogens is 1. The van der Waals surface area contributed by atoms with Crippen LogP contribution in [-0.4, -0.2) is 16.4 Å². The average molecular weight is 371 g/mol. The Morgan fingerprint density at radius 2 is 1.69 bits per heavy atom. The van der Waals surface area contributed by atoms with Gasteiger partial charge in [-0.15, -0.1) is 11.3 Å². The molecular weight excluding hydrogens is 357 g/mol. The lowest BCUT2D eigenvalue weighted by molar-refractivity contribution is 0.0848. The predicted molar refractivity (Wildman–Crippen MR) is 96.3 cm³/mol. The second-order valence-electron chi connectivity index (χ2n) is 5.44. The van der Waals surface area contributed by atoms with Crippen LogP contribution in [0.4, 0.5) is 4.39 Å². The zero-order valence-electron chi connectivity index (χ0n) is 13.7. The second-order valence-corrected chi connectivity index (χ2v) is 6.53. The van der Waals surface area contributed by atoms with Crippen LogP contribution >= 0.6 is 11.3 Å². The van der Waals surface area contributed by atoms with Crippen molar-refractivity contribution in [1.82, 2.24) is 15.4 Å². The molecule has 0 saturated heterocycles. The van der Waals surface area contributed by atoms with Crippen LogP contribution in [0.25, 0.3) is 10.4 Å². The lowest BCUT2D eigenvalue weighted by Gasteiger charge is -2.06. The first-order valence-electron chi connectivity index (χ1n) is 7.57. The highest BCUT2D eigenvalue weighted by atomic mass is 32.1. The van der Waals surface area contributed by atoms with Crippen LogP contribution < -0.4 is 16.4 Å². The molecule has 0 aliphatic heterocycles. The van der Waals surface area contributed by atoms with Gasteiger partial charge in [-0.25, -0.2) is 4.39 Å². The lowest BCUT2D eigenvalue weighted by atomic mass is 10.2. The molecule has 2 heterocycles. The first-order valence-corrected chi connectivity index (χ1v) is 8.39. The Labute approximate surface area is 151 Å². The molecule has 6 nitrogen and oxygen atoms in total. The van der Waals surface area contributed by atoms with Gasteiger partial charge in [0, 0.05) is 29.8 Å². The molecule has 0 bridgehead atoms. The molecule has 2 aromatic heterocycles. The van der Waals surface area contributed by atoms with Crippen molar-refractivity contribution in [3.8, 4) is 10.4 Å². The number of nitrogens with one attached hydrogen (secondary N) is 2. The number of amides is 2. The Morgan fingerprint density at radius 1 is 1.00 bits per heavy atom. The third kappa shape index (κ3) is 3.86. The largest absolute Gasteiger partial charge is 0.319 e. The van der Waals surface area contributed by atoms with E-state index in [1.165, 1.54) is 46.4 Å². The molecule has 1 aromatic carbocycles. The summed E-state index contributed by atoms with van der Waals surface area (Å²) < 4.78 is 14.3. The third-order valence-corrected chi connectivity index (χ3v) is 4.75. The third-order valence-electron chi connectivity index (χ3n) is 3.61. The molecule has 3 rings (SSSR count). The molecule has 0 atom stereocenters. The summed E-state index contributed by atoms with van der Waals surface area (Å²) in [6.07, 6.45) is 1.47. The standard InChI is InChI=1S/C18H14FN3O3S/c1-22-9-8-12(10-16(22)23)17(24)20-21-18(25)15-7-6-14(26-15)11-2-4-13(19)5-3-11/h2-10H,1H3,(H,20,24)(H,21,25). The monoisotopic (exact) mass is 371 g/mol. The van der Waals surface area contributed by atoms with Crippen LogP contribution in [0.3, 0.4) is 0 Å². The molecule has 26 heavy (non-hydrogen) atoms. The maximum absolute atomic E-state index is 13.0. The van der Waals surface area contributed by atoms with E-state index in [0.717, 1.165) is 10.4 Å². The van der Waals surface area contributed by atoms with Gasteiger partial charge in [-0.1, -0.05) is 12.1 Å². The van der Waals surface area contributed by atoms with Crippen molar-refractivity contribution in [3.05, 3.63) is 81.3 Å². The van der Waals surface area contributed by atoms with Crippen molar-refractivity contribution >= 4 is 23.2 Å². The molecular formula is C18H14FN3O3S. The summed E-state index contributed by atoms with van der Waals surface area (Å²) >= 11 is 1.21. The summed E-state index contributed by atoms with van der Waals surface area (Å²) in [4.78, 5) is 36.9. The molecule has 0 aliphatic carbocycles. The Hall–Kier alpha value is -3.26. The first-order chi connectivity index (χ1) is 12.4. The van der Waals surface area contributed by atoms with E-state index in [2.05, 4.69) is 10.9 Å². The van der Waals surface area contributed by atoms with E-state index in [9.17, 15) is 18.8 Å². The van der Waals surface area contributed by atoms with Crippen LogP contribution in [0, 0.1) is 5.82 Å². The molecule has 8 heteroatoms. The van der Waals surface area contributed by atoms with Gasteiger partial charge in [-0.2, -0.15) is 0 Å². The van der Waals surface area contributed by atoms with Gasteiger partial charge in [0.05, 0.1) is 4.88 Å². The Morgan fingerprint density at radius 3 is 2.38 bits per heavy atom. The molecule has 0 aliphatic rings. The molecule has 0 fully saturated rings. The van der Waals surface area contributed by atoms with Gasteiger partial charge in [0.15, 0.2) is 0 Å². The fourth-order valence-corrected chi connectivity index (χ4v) is 3.07. The summed E-state index contributed by atoms with van der Waals surface area (Å²) in [6.45, 7) is 0. The van der Waals surface area contributed by atoms with Crippen LogP contribution in [0.2, 0.25) is 0 Å². The van der Waals surface area contributed by atoms with Gasteiger partial charge in [0.25, 0.3) is 17.4 Å². The quantitative estimate of drug-likeness (QED) is 0.694. The van der Waals surface area contributed by atoms with Gasteiger partial charge in [0.1, 0.15) is 5.82 Å². The number of nitrogens with zero attached hydrogens (tertiary/aromatic N) is 1. The minimum absolute atomic E-state index is 0.145. The molecule has 0 radical (unpaired) electrons. The fraction of sp³-hybridized carbons (Fsp3) is 0.0556. The van der Waals surface area contributed by atoms with Crippen LogP contribution in [-0.2, 0) is 7.05 Å². The number of thiophene rings is 1. The minimum Gasteiger partial charge on any atom is -0.319 e. The lowest BCUT2D eigenvalue weighted by Crippen LogP contribution is -2.41. The smallest absolute Gasteiger partial charge is 0.279 e. The number of hydrogen-bond acceptors (Lipinski definition) is 4. The minimum atomic E-state index is -0.591. The summed E-state index contributed by atoms with van der Waals surface area (Å²) in [7, 11) is 1.57. The van der Waals surface area contributed by atoms with E-state index in [-0.39, 0.29) is 16.9 Å². The van der Waals surface area contributed by atoms with Gasteiger partial charge < -0.3 is 4.57 Å². The maximum atomic E-state index is 13.0. The van der Waals surface area contributed by atoms with E-state index in [1.807, 2.05) is 0 Å². The van der Waals surface area contributed by atoms with Crippen molar-refractivity contribution in [3.63, 3.8) is 0 Å². The second kappa shape index (κ2) is 7.32. The van der Waals surface area contributed by atoms with Gasteiger partial charge >= 0.3 is 0 Å². The summed E-state index contributed by atoms with van der Waals surface area (Å²) in [5, 5.41) is 0. The topological polar surface area (TPSA) is 80.2 Å². The van der Waals surface area contributed by atoms with Gasteiger partial charge in [-0.05, 0) is 35.9 Å². The summed E-state index contributed by atoms with van der Waals surface area (Å²) in [5.74, 6) is -1.41. The average Bonchev–Trinajstić information content (AvgIpc) is 3.12. The molecule has 3 aromatic rings. The zero-order valence-corrected chi connectivity index (χ0v) is 14.5. The van der Waals surface area contributed by atoms with Crippen molar-refractivity contribution in [2.75, 3.05) is 0 Å². The number of benzene rings is 1. The van der Waals surface area contributed by atoms with E-state index in [4.69, 9.17) is 0 Å². The van der Waals surface area contributed by atoms with Crippen molar-refractivity contribution < 1.29 is 14.0 Å². The van der Waals surface area contributed by atoms with E-state index in [1.54, 1.807) is 31.3 Å². The Balaban J connectivity index is 1.65. The molecule has 0 saturated carbocycles. The highest BCUT2D eigenvalue weighted by Crippen LogP contribution is 2.28. The number of aryl methyl sites for hydroxylation is 1. The van der Waals surface area contributed by atoms with Gasteiger partial charge in [-0.3, -0.25) is 25.2 Å². The maximum Gasteiger partial charge on any atom is 0.279 e. The molecule has 0 spiro atoms. The normalized spacial score (nSPS) is 10.4. The van der Waals surface area contributed by atoms with E-state index >= 15 is 0 Å². The molecule has 0 unspecified atom stereocenters. The Bertz CT molecular complexity index is 1020. The highest BCUT2D eigenvalue weighted by Gasteiger charge is 2.12. The molecule has 2 N–H and O–H groups in total. The van der Waals surface area contributed by atoms with Crippen molar-refractivity contribution in [1.29, 1.82) is 0 Å². The molecule has 132 valence electrons. The number of pyridine rings is 1.